The van der Waals surface area contributed by atoms with Crippen LogP contribution in [0.2, 0.25) is 0 Å². The number of hydrogen-bond donors (Lipinski definition) is 0. The molecule has 0 heteroatoms. The molecule has 2 atom stereocenters. The average molecular weight is 170 g/mol. The van der Waals surface area contributed by atoms with Crippen molar-refractivity contribution >= 4 is 0 Å². The molecule has 2 rings (SSSR count). The molecule has 0 aromatic heterocycles. The molecule has 1 aliphatic rings. The van der Waals surface area contributed by atoms with Gasteiger partial charge in [0.1, 0.15) is 0 Å². The van der Waals surface area contributed by atoms with E-state index < -0.39 is 0 Å². The molecule has 0 N–H and O–H groups in total. The molecule has 0 amide bonds. The molecule has 0 radical (unpaired) electrons. The van der Waals surface area contributed by atoms with Gasteiger partial charge in [-0.1, -0.05) is 36.4 Å². The summed E-state index contributed by atoms with van der Waals surface area (Å²) in [6, 6.07) is 8.60. The van der Waals surface area contributed by atoms with E-state index in [9.17, 15) is 0 Å². The van der Waals surface area contributed by atoms with Crippen LogP contribution in [0.15, 0.2) is 49.6 Å². The summed E-state index contributed by atoms with van der Waals surface area (Å²) in [4.78, 5) is 0. The first kappa shape index (κ1) is 8.31. The predicted molar refractivity (Wildman–Crippen MR) is 56.9 cm³/mol. The molecular formula is C13H14. The molecule has 0 bridgehead atoms. The van der Waals surface area contributed by atoms with Crippen molar-refractivity contribution in [3.8, 4) is 0 Å². The van der Waals surface area contributed by atoms with E-state index in [1.54, 1.807) is 0 Å². The summed E-state index contributed by atoms with van der Waals surface area (Å²) in [5, 5.41) is 0. The Morgan fingerprint density at radius 2 is 1.46 bits per heavy atom. The van der Waals surface area contributed by atoms with Crippen molar-refractivity contribution in [2.45, 2.75) is 18.3 Å². The van der Waals surface area contributed by atoms with Gasteiger partial charge in [0.2, 0.25) is 0 Å². The second-order valence-electron chi connectivity index (χ2n) is 3.55. The van der Waals surface area contributed by atoms with Crippen LogP contribution in [-0.4, -0.2) is 0 Å². The molecule has 0 spiro atoms. The standard InChI is InChI=1S/C13H14/c1-3-10-9-11(4-2)13-8-6-5-7-12(10)13/h3-8,10-11H,1-2,9H2/t10-,11+. The molecule has 13 heavy (non-hydrogen) atoms. The Morgan fingerprint density at radius 1 is 1.00 bits per heavy atom. The van der Waals surface area contributed by atoms with E-state index in [2.05, 4.69) is 37.4 Å². The Hall–Kier alpha value is -1.30. The minimum atomic E-state index is 0.527. The first-order chi connectivity index (χ1) is 6.36. The zero-order valence-corrected chi connectivity index (χ0v) is 7.74. The molecule has 0 nitrogen and oxygen atoms in total. The molecule has 0 saturated carbocycles. The monoisotopic (exact) mass is 170 g/mol. The van der Waals surface area contributed by atoms with Crippen LogP contribution in [0.4, 0.5) is 0 Å². The Morgan fingerprint density at radius 3 is 1.85 bits per heavy atom. The number of rotatable bonds is 2. The van der Waals surface area contributed by atoms with Gasteiger partial charge in [-0.3, -0.25) is 0 Å². The quantitative estimate of drug-likeness (QED) is 0.594. The second-order valence-corrected chi connectivity index (χ2v) is 3.55. The summed E-state index contributed by atoms with van der Waals surface area (Å²) in [6.45, 7) is 7.75. The smallest absolute Gasteiger partial charge is 0.00270 e. The lowest BCUT2D eigenvalue weighted by Gasteiger charge is -2.03. The molecule has 0 fully saturated rings. The van der Waals surface area contributed by atoms with Gasteiger partial charge in [0.25, 0.3) is 0 Å². The van der Waals surface area contributed by atoms with Crippen molar-refractivity contribution < 1.29 is 0 Å². The van der Waals surface area contributed by atoms with Crippen molar-refractivity contribution in [3.63, 3.8) is 0 Å². The van der Waals surface area contributed by atoms with Crippen LogP contribution in [0.1, 0.15) is 29.4 Å². The van der Waals surface area contributed by atoms with Gasteiger partial charge < -0.3 is 0 Å². The average Bonchev–Trinajstić information content (AvgIpc) is 2.56. The van der Waals surface area contributed by atoms with Crippen LogP contribution in [0.25, 0.3) is 0 Å². The summed E-state index contributed by atoms with van der Waals surface area (Å²) in [6.07, 6.45) is 5.23. The number of allylic oxidation sites excluding steroid dienone is 2. The number of benzene rings is 1. The van der Waals surface area contributed by atoms with Gasteiger partial charge in [-0.05, 0) is 17.5 Å². The molecule has 0 unspecified atom stereocenters. The third-order valence-electron chi connectivity index (χ3n) is 2.87. The molecule has 66 valence electrons. The van der Waals surface area contributed by atoms with E-state index in [1.807, 2.05) is 12.2 Å². The number of hydrogen-bond acceptors (Lipinski definition) is 0. The van der Waals surface area contributed by atoms with Gasteiger partial charge in [-0.25, -0.2) is 0 Å². The lowest BCUT2D eigenvalue weighted by atomic mass is 10.0. The molecular weight excluding hydrogens is 156 g/mol. The highest BCUT2D eigenvalue weighted by Crippen LogP contribution is 2.42. The van der Waals surface area contributed by atoms with Crippen LogP contribution in [-0.2, 0) is 0 Å². The fourth-order valence-electron chi connectivity index (χ4n) is 2.16. The van der Waals surface area contributed by atoms with Gasteiger partial charge in [0.05, 0.1) is 0 Å². The van der Waals surface area contributed by atoms with E-state index in [4.69, 9.17) is 0 Å². The van der Waals surface area contributed by atoms with Gasteiger partial charge in [-0.15, -0.1) is 13.2 Å². The Bertz CT molecular complexity index is 303. The summed E-state index contributed by atoms with van der Waals surface area (Å²) >= 11 is 0. The summed E-state index contributed by atoms with van der Waals surface area (Å²) in [5.41, 5.74) is 2.87. The van der Waals surface area contributed by atoms with Crippen molar-refractivity contribution in [2.24, 2.45) is 0 Å². The number of fused-ring (bicyclic) bond motifs is 1. The van der Waals surface area contributed by atoms with Crippen LogP contribution in [0.5, 0.6) is 0 Å². The highest BCUT2D eigenvalue weighted by molar-refractivity contribution is 5.42. The molecule has 1 aromatic carbocycles. The molecule has 0 heterocycles. The van der Waals surface area contributed by atoms with Crippen LogP contribution < -0.4 is 0 Å². The normalized spacial score (nSPS) is 25.2. The highest BCUT2D eigenvalue weighted by atomic mass is 14.3. The van der Waals surface area contributed by atoms with Crippen molar-refractivity contribution in [3.05, 3.63) is 60.7 Å². The predicted octanol–water partition coefficient (Wildman–Crippen LogP) is 3.63. The van der Waals surface area contributed by atoms with Gasteiger partial charge in [0, 0.05) is 11.8 Å². The summed E-state index contributed by atoms with van der Waals surface area (Å²) in [5.74, 6) is 1.05. The van der Waals surface area contributed by atoms with Crippen LogP contribution in [0.3, 0.4) is 0 Å². The highest BCUT2D eigenvalue weighted by Gasteiger charge is 2.26. The lowest BCUT2D eigenvalue weighted by molar-refractivity contribution is 0.751. The maximum absolute atomic E-state index is 3.88. The van der Waals surface area contributed by atoms with Crippen molar-refractivity contribution in [1.82, 2.24) is 0 Å². The third kappa shape index (κ3) is 1.23. The lowest BCUT2D eigenvalue weighted by Crippen LogP contribution is -1.86. The second kappa shape index (κ2) is 3.21. The van der Waals surface area contributed by atoms with E-state index in [0.717, 1.165) is 6.42 Å². The fourth-order valence-corrected chi connectivity index (χ4v) is 2.16. The Labute approximate surface area is 79.6 Å². The molecule has 0 saturated heterocycles. The molecule has 1 aliphatic carbocycles. The van der Waals surface area contributed by atoms with Crippen molar-refractivity contribution in [2.75, 3.05) is 0 Å². The molecule has 0 aliphatic heterocycles. The summed E-state index contributed by atoms with van der Waals surface area (Å²) < 4.78 is 0. The van der Waals surface area contributed by atoms with E-state index in [-0.39, 0.29) is 0 Å². The van der Waals surface area contributed by atoms with Gasteiger partial charge in [0.15, 0.2) is 0 Å². The Balaban J connectivity index is 2.49. The zero-order chi connectivity index (χ0) is 9.26. The maximum atomic E-state index is 3.88. The van der Waals surface area contributed by atoms with E-state index >= 15 is 0 Å². The van der Waals surface area contributed by atoms with E-state index in [1.165, 1.54) is 11.1 Å². The zero-order valence-electron chi connectivity index (χ0n) is 7.74. The van der Waals surface area contributed by atoms with Crippen molar-refractivity contribution in [1.29, 1.82) is 0 Å². The van der Waals surface area contributed by atoms with Gasteiger partial charge >= 0.3 is 0 Å². The van der Waals surface area contributed by atoms with Crippen LogP contribution >= 0.6 is 0 Å². The van der Waals surface area contributed by atoms with Crippen LogP contribution in [0, 0.1) is 0 Å². The fraction of sp³-hybridized carbons (Fsp3) is 0.231. The minimum absolute atomic E-state index is 0.527. The minimum Gasteiger partial charge on any atom is -0.102 e. The van der Waals surface area contributed by atoms with Gasteiger partial charge in [-0.2, -0.15) is 0 Å². The first-order valence-corrected chi connectivity index (χ1v) is 4.70. The van der Waals surface area contributed by atoms with E-state index in [0.29, 0.717) is 11.8 Å². The summed E-state index contributed by atoms with van der Waals surface area (Å²) in [7, 11) is 0. The molecule has 1 aromatic rings. The third-order valence-corrected chi connectivity index (χ3v) is 2.87. The maximum Gasteiger partial charge on any atom is 0.00270 e. The largest absolute Gasteiger partial charge is 0.102 e. The topological polar surface area (TPSA) is 0 Å². The Kier molecular flexibility index (Phi) is 2.05. The first-order valence-electron chi connectivity index (χ1n) is 4.70. The SMILES string of the molecule is C=C[C@@H]1C[C@H](C=C)c2ccccc21.